The van der Waals surface area contributed by atoms with Crippen LogP contribution < -0.4 is 19.9 Å². The molecule has 0 aliphatic carbocycles. The Morgan fingerprint density at radius 3 is 2.31 bits per heavy atom. The molecule has 234 valence electrons. The summed E-state index contributed by atoms with van der Waals surface area (Å²) in [5.41, 5.74) is 3.18. The first kappa shape index (κ1) is 31.9. The second-order valence-electron chi connectivity index (χ2n) is 10.3. The number of aliphatic imine (C=N–C) groups is 1. The number of nitrogens with zero attached hydrogens (tertiary/aromatic N) is 5. The summed E-state index contributed by atoms with van der Waals surface area (Å²) >= 11 is 2.23. The molecule has 0 radical (unpaired) electrons. The van der Waals surface area contributed by atoms with Gasteiger partial charge in [0.25, 0.3) is 0 Å². The molecule has 1 aliphatic rings. The molecule has 4 aromatic rings. The summed E-state index contributed by atoms with van der Waals surface area (Å²) in [6.45, 7) is 4.02. The summed E-state index contributed by atoms with van der Waals surface area (Å²) in [6, 6.07) is 14.1. The van der Waals surface area contributed by atoms with Gasteiger partial charge in [-0.2, -0.15) is 4.99 Å². The monoisotopic (exact) mass is 658 g/mol. The minimum atomic E-state index is -4.80. The highest BCUT2D eigenvalue weighted by atomic mass is 32.2. The molecular weight excluding hydrogens is 632 g/mol. The first-order valence-corrected chi connectivity index (χ1v) is 15.3. The Balaban J connectivity index is 1.32. The molecule has 0 saturated carbocycles. The van der Waals surface area contributed by atoms with Gasteiger partial charge in [-0.15, -0.1) is 23.4 Å². The zero-order chi connectivity index (χ0) is 32.5. The highest BCUT2D eigenvalue weighted by Crippen LogP contribution is 2.37. The van der Waals surface area contributed by atoms with Crippen LogP contribution in [0.15, 0.2) is 65.7 Å². The van der Waals surface area contributed by atoms with Gasteiger partial charge >= 0.3 is 12.4 Å². The first-order chi connectivity index (χ1) is 21.3. The molecule has 45 heavy (non-hydrogen) atoms. The molecule has 2 heterocycles. The van der Waals surface area contributed by atoms with E-state index in [1.807, 2.05) is 51.0 Å². The normalized spacial score (nSPS) is 14.4. The van der Waals surface area contributed by atoms with Crippen molar-refractivity contribution in [2.24, 2.45) is 4.99 Å². The number of ether oxygens (including phenoxy) is 1. The van der Waals surface area contributed by atoms with E-state index in [2.05, 4.69) is 25.2 Å². The average molecular weight is 659 g/mol. The van der Waals surface area contributed by atoms with Crippen LogP contribution in [0.5, 0.6) is 5.75 Å². The number of aromatic nitrogens is 2. The highest BCUT2D eigenvalue weighted by Gasteiger charge is 2.33. The molecule has 0 unspecified atom stereocenters. The second kappa shape index (κ2) is 12.9. The molecule has 1 fully saturated rings. The van der Waals surface area contributed by atoms with Gasteiger partial charge in [0.2, 0.25) is 5.91 Å². The van der Waals surface area contributed by atoms with Gasteiger partial charge in [0.15, 0.2) is 5.17 Å². The van der Waals surface area contributed by atoms with Crippen LogP contribution in [0.4, 0.5) is 39.4 Å². The Labute approximate surface area is 263 Å². The SMILES string of the molecule is CC(C)c1ccc(N(C)C)cc1N1C(=O)CS/C1=N\C(=O)Nc1ccc(-c2nnc(-c3ccc(OC(F)(F)F)cc3)s2)cc1F. The summed E-state index contributed by atoms with van der Waals surface area (Å²) in [6.07, 6.45) is -4.80. The van der Waals surface area contributed by atoms with E-state index in [0.29, 0.717) is 26.8 Å². The average Bonchev–Trinajstić information content (AvgIpc) is 3.60. The number of hydrogen-bond donors (Lipinski definition) is 1. The third-order valence-electron chi connectivity index (χ3n) is 6.57. The van der Waals surface area contributed by atoms with Crippen LogP contribution in [0, 0.1) is 5.82 Å². The number of benzene rings is 3. The van der Waals surface area contributed by atoms with Gasteiger partial charge in [0, 0.05) is 30.9 Å². The van der Waals surface area contributed by atoms with Gasteiger partial charge in [-0.3, -0.25) is 9.69 Å². The van der Waals surface area contributed by atoms with Gasteiger partial charge in [-0.05, 0) is 66.1 Å². The van der Waals surface area contributed by atoms with Crippen LogP contribution in [0.2, 0.25) is 0 Å². The number of urea groups is 1. The predicted octanol–water partition coefficient (Wildman–Crippen LogP) is 7.77. The van der Waals surface area contributed by atoms with Crippen molar-refractivity contribution >= 4 is 57.3 Å². The lowest BCUT2D eigenvalue weighted by Crippen LogP contribution is -2.31. The van der Waals surface area contributed by atoms with E-state index < -0.39 is 18.2 Å². The van der Waals surface area contributed by atoms with Gasteiger partial charge in [0.1, 0.15) is 21.6 Å². The largest absolute Gasteiger partial charge is 0.573 e. The van der Waals surface area contributed by atoms with Crippen molar-refractivity contribution < 1.29 is 31.9 Å². The molecule has 5 rings (SSSR count). The first-order valence-electron chi connectivity index (χ1n) is 13.5. The standard InChI is InChI=1S/C30H26F4N6O3S2/c1-16(2)21-11-8-19(39(3)4)14-24(21)40-25(41)15-44-29(40)36-28(42)35-23-12-7-18(13-22(23)31)27-38-37-26(45-27)17-5-9-20(10-6-17)43-30(32,33)34/h5-14,16H,15H2,1-4H3,(H,35,42)/b36-29-. The molecule has 3 aromatic carbocycles. The van der Waals surface area contributed by atoms with Crippen LogP contribution in [-0.4, -0.2) is 53.5 Å². The summed E-state index contributed by atoms with van der Waals surface area (Å²) in [5, 5.41) is 11.5. The molecular formula is C30H26F4N6O3S2. The molecule has 15 heteroatoms. The van der Waals surface area contributed by atoms with E-state index in [0.717, 1.165) is 46.5 Å². The Hall–Kier alpha value is -4.50. The van der Waals surface area contributed by atoms with Crippen LogP contribution in [-0.2, 0) is 4.79 Å². The number of anilines is 3. The fraction of sp³-hybridized carbons (Fsp3) is 0.233. The molecule has 1 aliphatic heterocycles. The van der Waals surface area contributed by atoms with Crippen LogP contribution >= 0.6 is 23.1 Å². The fourth-order valence-corrected chi connectivity index (χ4v) is 6.11. The minimum Gasteiger partial charge on any atom is -0.406 e. The highest BCUT2D eigenvalue weighted by molar-refractivity contribution is 8.15. The van der Waals surface area contributed by atoms with Crippen LogP contribution in [0.25, 0.3) is 21.1 Å². The van der Waals surface area contributed by atoms with Crippen molar-refractivity contribution in [3.05, 3.63) is 72.0 Å². The number of carbonyl (C=O) groups is 2. The summed E-state index contributed by atoms with van der Waals surface area (Å²) in [5.74, 6) is -1.14. The van der Waals surface area contributed by atoms with Crippen molar-refractivity contribution in [3.63, 3.8) is 0 Å². The van der Waals surface area contributed by atoms with Gasteiger partial charge in [-0.25, -0.2) is 9.18 Å². The van der Waals surface area contributed by atoms with Gasteiger partial charge in [-0.1, -0.05) is 43.0 Å². The third kappa shape index (κ3) is 7.42. The quantitative estimate of drug-likeness (QED) is 0.203. The maximum Gasteiger partial charge on any atom is 0.573 e. The Morgan fingerprint density at radius 2 is 1.69 bits per heavy atom. The minimum absolute atomic E-state index is 0.0971. The number of hydrogen-bond acceptors (Lipinski definition) is 8. The van der Waals surface area contributed by atoms with Crippen molar-refractivity contribution in [3.8, 4) is 26.9 Å². The Bertz CT molecular complexity index is 1770. The lowest BCUT2D eigenvalue weighted by molar-refractivity contribution is -0.274. The second-order valence-corrected chi connectivity index (χ2v) is 12.2. The summed E-state index contributed by atoms with van der Waals surface area (Å²) in [4.78, 5) is 33.3. The number of thioether (sulfide) groups is 1. The van der Waals surface area contributed by atoms with Gasteiger partial charge in [0.05, 0.1) is 17.1 Å². The van der Waals surface area contributed by atoms with E-state index in [1.165, 1.54) is 35.2 Å². The molecule has 0 spiro atoms. The number of alkyl halides is 3. The van der Waals surface area contributed by atoms with E-state index in [9.17, 15) is 22.8 Å². The smallest absolute Gasteiger partial charge is 0.406 e. The Morgan fingerprint density at radius 1 is 1.02 bits per heavy atom. The third-order valence-corrected chi connectivity index (χ3v) is 8.52. The van der Waals surface area contributed by atoms with Crippen molar-refractivity contribution in [1.82, 2.24) is 10.2 Å². The number of amidine groups is 1. The summed E-state index contributed by atoms with van der Waals surface area (Å²) < 4.78 is 56.2. The van der Waals surface area contributed by atoms with Crippen molar-refractivity contribution in [2.75, 3.05) is 35.0 Å². The van der Waals surface area contributed by atoms with Crippen molar-refractivity contribution in [2.45, 2.75) is 26.1 Å². The lowest BCUT2D eigenvalue weighted by Gasteiger charge is -2.24. The summed E-state index contributed by atoms with van der Waals surface area (Å²) in [7, 11) is 3.78. The van der Waals surface area contributed by atoms with E-state index in [4.69, 9.17) is 0 Å². The number of nitrogens with one attached hydrogen (secondary N) is 1. The molecule has 9 nitrogen and oxygen atoms in total. The van der Waals surface area contributed by atoms with Crippen LogP contribution in [0.1, 0.15) is 25.3 Å². The molecule has 3 amide bonds. The topological polar surface area (TPSA) is 100 Å². The van der Waals surface area contributed by atoms with Gasteiger partial charge < -0.3 is 15.0 Å². The van der Waals surface area contributed by atoms with E-state index >= 15 is 4.39 Å². The fourth-order valence-electron chi connectivity index (χ4n) is 4.41. The van der Waals surface area contributed by atoms with Crippen LogP contribution in [0.3, 0.4) is 0 Å². The number of carbonyl (C=O) groups excluding carboxylic acids is 2. The lowest BCUT2D eigenvalue weighted by atomic mass is 9.99. The molecule has 1 N–H and O–H groups in total. The Kier molecular flexibility index (Phi) is 9.11. The van der Waals surface area contributed by atoms with Crippen molar-refractivity contribution in [1.29, 1.82) is 0 Å². The number of amides is 3. The molecule has 0 bridgehead atoms. The van der Waals surface area contributed by atoms with E-state index in [1.54, 1.807) is 0 Å². The maximum atomic E-state index is 15.1. The number of rotatable bonds is 7. The maximum absolute atomic E-state index is 15.1. The molecule has 0 atom stereocenters. The van der Waals surface area contributed by atoms with E-state index in [-0.39, 0.29) is 34.2 Å². The molecule has 1 aromatic heterocycles. The zero-order valence-electron chi connectivity index (χ0n) is 24.3. The zero-order valence-corrected chi connectivity index (χ0v) is 26.0. The predicted molar refractivity (Wildman–Crippen MR) is 169 cm³/mol. The number of halogens is 4. The molecule has 1 saturated heterocycles.